The van der Waals surface area contributed by atoms with Gasteiger partial charge in [0.2, 0.25) is 0 Å². The molecule has 0 bridgehead atoms. The van der Waals surface area contributed by atoms with Gasteiger partial charge >= 0.3 is 0 Å². The third-order valence-electron chi connectivity index (χ3n) is 9.57. The predicted molar refractivity (Wildman–Crippen MR) is 135 cm³/mol. The molecule has 2 saturated heterocycles. The molecule has 4 heterocycles. The lowest BCUT2D eigenvalue weighted by molar-refractivity contribution is -0.162. The van der Waals surface area contributed by atoms with Crippen LogP contribution in [-0.4, -0.2) is 64.7 Å². The number of phenols is 1. The van der Waals surface area contributed by atoms with E-state index in [9.17, 15) is 5.11 Å². The van der Waals surface area contributed by atoms with Gasteiger partial charge in [0, 0.05) is 80.3 Å². The number of rotatable bonds is 4. The number of para-hydroxylation sites is 1. The van der Waals surface area contributed by atoms with Crippen LogP contribution in [0.25, 0.3) is 11.8 Å². The van der Waals surface area contributed by atoms with Crippen LogP contribution in [0.3, 0.4) is 0 Å². The molecule has 0 unspecified atom stereocenters. The van der Waals surface area contributed by atoms with Gasteiger partial charge in [-0.15, -0.1) is 0 Å². The number of hydrogen-bond acceptors (Lipinski definition) is 6. The molecule has 2 aliphatic carbocycles. The normalized spacial score (nSPS) is 28.1. The Morgan fingerprint density at radius 3 is 2.44 bits per heavy atom. The molecule has 7 N–H and O–H groups in total. The number of fused-ring (bicyclic) bond motifs is 1. The van der Waals surface area contributed by atoms with E-state index in [-0.39, 0.29) is 5.75 Å². The minimum absolute atomic E-state index is 0.191. The van der Waals surface area contributed by atoms with E-state index in [1.165, 1.54) is 63.1 Å². The Bertz CT molecular complexity index is 1140. The molecular formula is C27H36N6O. The Hall–Kier alpha value is -2.48. The lowest BCUT2D eigenvalue weighted by atomic mass is 9.56. The first-order valence-electron chi connectivity index (χ1n) is 12.9. The molecule has 0 amide bonds. The summed E-state index contributed by atoms with van der Waals surface area (Å²) in [5.74, 6) is 0.862. The van der Waals surface area contributed by atoms with Gasteiger partial charge in [-0.2, -0.15) is 0 Å². The van der Waals surface area contributed by atoms with E-state index in [2.05, 4.69) is 20.1 Å². The van der Waals surface area contributed by atoms with Crippen LogP contribution in [0.4, 0.5) is 5.82 Å². The average Bonchev–Trinajstić information content (AvgIpc) is 3.00. The molecule has 180 valence electrons. The first-order chi connectivity index (χ1) is 16.4. The summed E-state index contributed by atoms with van der Waals surface area (Å²) in [7, 11) is 0. The van der Waals surface area contributed by atoms with Gasteiger partial charge in [-0.3, -0.25) is 9.80 Å². The SMILES string of the molecule is N/C(=C\c1c(N)[nH]c2c1CN(C1CC3(C1)CN(C1CC4(CNC4)C1)C3)CC2)c1ccccc1O. The number of aromatic nitrogens is 1. The lowest BCUT2D eigenvalue weighted by Crippen LogP contribution is -2.73. The number of anilines is 1. The van der Waals surface area contributed by atoms with Crippen molar-refractivity contribution >= 4 is 17.6 Å². The number of H-pyrrole nitrogens is 1. The maximum absolute atomic E-state index is 10.2. The highest BCUT2D eigenvalue weighted by Gasteiger charge is 2.59. The van der Waals surface area contributed by atoms with Crippen molar-refractivity contribution in [1.82, 2.24) is 20.1 Å². The number of benzene rings is 1. The van der Waals surface area contributed by atoms with Gasteiger partial charge in [0.25, 0.3) is 0 Å². The van der Waals surface area contributed by atoms with Gasteiger partial charge in [-0.1, -0.05) is 12.1 Å². The van der Waals surface area contributed by atoms with Crippen LogP contribution in [0.1, 0.15) is 48.1 Å². The summed E-state index contributed by atoms with van der Waals surface area (Å²) in [6, 6.07) is 8.73. The fourth-order valence-corrected chi connectivity index (χ4v) is 7.48. The van der Waals surface area contributed by atoms with E-state index in [0.29, 0.717) is 34.0 Å². The third-order valence-corrected chi connectivity index (χ3v) is 9.57. The van der Waals surface area contributed by atoms with Crippen molar-refractivity contribution in [3.63, 3.8) is 0 Å². The minimum Gasteiger partial charge on any atom is -0.507 e. The molecule has 2 aromatic rings. The molecule has 0 radical (unpaired) electrons. The van der Waals surface area contributed by atoms with Crippen molar-refractivity contribution in [3.8, 4) is 5.75 Å². The first kappa shape index (κ1) is 20.9. The number of aromatic hydroxyl groups is 1. The molecule has 4 fully saturated rings. The fourth-order valence-electron chi connectivity index (χ4n) is 7.48. The highest BCUT2D eigenvalue weighted by atomic mass is 16.3. The molecule has 7 heteroatoms. The molecule has 34 heavy (non-hydrogen) atoms. The molecule has 1 aromatic heterocycles. The highest BCUT2D eigenvalue weighted by Crippen LogP contribution is 2.55. The van der Waals surface area contributed by atoms with E-state index in [1.54, 1.807) is 12.1 Å². The van der Waals surface area contributed by atoms with Crippen LogP contribution < -0.4 is 16.8 Å². The second kappa shape index (κ2) is 7.26. The zero-order chi connectivity index (χ0) is 23.1. The highest BCUT2D eigenvalue weighted by molar-refractivity contribution is 5.86. The van der Waals surface area contributed by atoms with Crippen LogP contribution in [0.5, 0.6) is 5.75 Å². The van der Waals surface area contributed by atoms with Crippen molar-refractivity contribution in [2.45, 2.75) is 50.7 Å². The second-order valence-corrected chi connectivity index (χ2v) is 11.9. The van der Waals surface area contributed by atoms with Gasteiger partial charge in [-0.05, 0) is 60.3 Å². The number of phenolic OH excluding ortho intramolecular Hbond substituents is 1. The topological polar surface area (TPSA) is 107 Å². The van der Waals surface area contributed by atoms with E-state index in [1.807, 2.05) is 18.2 Å². The Labute approximate surface area is 201 Å². The molecule has 2 spiro atoms. The number of nitrogens with one attached hydrogen (secondary N) is 2. The van der Waals surface area contributed by atoms with Gasteiger partial charge in [-0.25, -0.2) is 0 Å². The van der Waals surface area contributed by atoms with Crippen molar-refractivity contribution in [1.29, 1.82) is 0 Å². The molecular weight excluding hydrogens is 424 g/mol. The first-order valence-corrected chi connectivity index (χ1v) is 12.9. The van der Waals surface area contributed by atoms with Crippen LogP contribution in [0.2, 0.25) is 0 Å². The Morgan fingerprint density at radius 1 is 1.03 bits per heavy atom. The predicted octanol–water partition coefficient (Wildman–Crippen LogP) is 2.33. The van der Waals surface area contributed by atoms with E-state index < -0.39 is 0 Å². The summed E-state index contributed by atoms with van der Waals surface area (Å²) < 4.78 is 0. The number of likely N-dealkylation sites (tertiary alicyclic amines) is 1. The quantitative estimate of drug-likeness (QED) is 0.480. The Morgan fingerprint density at radius 2 is 1.74 bits per heavy atom. The number of nitrogen functional groups attached to an aromatic ring is 1. The van der Waals surface area contributed by atoms with E-state index in [0.717, 1.165) is 31.1 Å². The molecule has 1 aromatic carbocycles. The largest absolute Gasteiger partial charge is 0.507 e. The van der Waals surface area contributed by atoms with Gasteiger partial charge in [0.15, 0.2) is 0 Å². The van der Waals surface area contributed by atoms with Gasteiger partial charge < -0.3 is 26.9 Å². The monoisotopic (exact) mass is 460 g/mol. The molecule has 7 rings (SSSR count). The zero-order valence-corrected chi connectivity index (χ0v) is 19.8. The summed E-state index contributed by atoms with van der Waals surface area (Å²) in [6.45, 7) is 7.15. The second-order valence-electron chi connectivity index (χ2n) is 11.9. The standard InChI is InChI=1S/C27H36N6O/c28-22(19-3-1-2-4-24(19)34)7-20-21-12-32(6-5-23(21)31-25(20)29)17-10-27(11-17)15-33(16-27)18-8-26(9-18)13-30-14-26/h1-4,7,17-18,30-31,34H,5-6,8-16,28-29H2/b22-7-. The van der Waals surface area contributed by atoms with E-state index in [4.69, 9.17) is 11.5 Å². The smallest absolute Gasteiger partial charge is 0.124 e. The molecule has 7 nitrogen and oxygen atoms in total. The summed E-state index contributed by atoms with van der Waals surface area (Å²) >= 11 is 0. The van der Waals surface area contributed by atoms with E-state index >= 15 is 0 Å². The summed E-state index contributed by atoms with van der Waals surface area (Å²) in [6.07, 6.45) is 8.44. The third kappa shape index (κ3) is 3.13. The number of nitrogens with zero attached hydrogens (tertiary/aromatic N) is 2. The maximum atomic E-state index is 10.2. The Balaban J connectivity index is 1.00. The molecule has 3 aliphatic heterocycles. The van der Waals surface area contributed by atoms with Crippen molar-refractivity contribution in [2.75, 3.05) is 38.5 Å². The fraction of sp³-hybridized carbons (Fsp3) is 0.556. The lowest BCUT2D eigenvalue weighted by Gasteiger charge is -2.67. The number of aromatic amines is 1. The molecule has 5 aliphatic rings. The van der Waals surface area contributed by atoms with Crippen LogP contribution in [-0.2, 0) is 13.0 Å². The zero-order valence-electron chi connectivity index (χ0n) is 19.8. The van der Waals surface area contributed by atoms with Crippen molar-refractivity contribution in [2.24, 2.45) is 16.6 Å². The van der Waals surface area contributed by atoms with Crippen LogP contribution >= 0.6 is 0 Å². The number of hydrogen-bond donors (Lipinski definition) is 5. The number of nitrogens with two attached hydrogens (primary N) is 2. The molecule has 0 atom stereocenters. The van der Waals surface area contributed by atoms with Crippen molar-refractivity contribution in [3.05, 3.63) is 46.6 Å². The maximum Gasteiger partial charge on any atom is 0.124 e. The van der Waals surface area contributed by atoms with Crippen molar-refractivity contribution < 1.29 is 5.11 Å². The van der Waals surface area contributed by atoms with Gasteiger partial charge in [0.05, 0.1) is 0 Å². The summed E-state index contributed by atoms with van der Waals surface area (Å²) in [4.78, 5) is 8.83. The Kier molecular flexibility index (Phi) is 4.45. The molecule has 2 saturated carbocycles. The van der Waals surface area contributed by atoms with Crippen LogP contribution in [0.15, 0.2) is 24.3 Å². The summed E-state index contributed by atoms with van der Waals surface area (Å²) in [5.41, 5.74) is 18.7. The van der Waals surface area contributed by atoms with Crippen LogP contribution in [0, 0.1) is 10.8 Å². The average molecular weight is 461 g/mol. The minimum atomic E-state index is 0.191. The van der Waals surface area contributed by atoms with Gasteiger partial charge in [0.1, 0.15) is 11.6 Å². The summed E-state index contributed by atoms with van der Waals surface area (Å²) in [5, 5.41) is 13.6.